The number of nitrogens with zero attached hydrogens (tertiary/aromatic N) is 1. The Morgan fingerprint density at radius 1 is 0.903 bits per heavy atom. The number of sulfonamides is 1. The molecular weight excluding hydrogens is 414 g/mol. The first-order valence-corrected chi connectivity index (χ1v) is 11.2. The van der Waals surface area contributed by atoms with Crippen LogP contribution in [0, 0.1) is 0 Å². The van der Waals surface area contributed by atoms with Gasteiger partial charge in [0.2, 0.25) is 10.0 Å². The Hall–Kier alpha value is -3.20. The summed E-state index contributed by atoms with van der Waals surface area (Å²) in [6.07, 6.45) is 0. The molecule has 3 aromatic carbocycles. The van der Waals surface area contributed by atoms with Crippen molar-refractivity contribution in [2.24, 2.45) is 0 Å². The Kier molecular flexibility index (Phi) is 7.41. The first-order valence-electron chi connectivity index (χ1n) is 9.73. The van der Waals surface area contributed by atoms with Gasteiger partial charge in [-0.25, -0.2) is 13.2 Å². The summed E-state index contributed by atoms with van der Waals surface area (Å²) < 4.78 is 26.9. The van der Waals surface area contributed by atoms with Gasteiger partial charge in [0.05, 0.1) is 11.5 Å². The molecule has 2 amide bonds. The minimum Gasteiger partial charge on any atom is -0.392 e. The molecular formula is C23H25N3O4S. The number of benzene rings is 3. The molecule has 0 fully saturated rings. The third-order valence-corrected chi connectivity index (χ3v) is 6.61. The molecule has 0 saturated carbocycles. The van der Waals surface area contributed by atoms with Gasteiger partial charge in [-0.05, 0) is 41.0 Å². The first-order chi connectivity index (χ1) is 14.9. The molecule has 7 nitrogen and oxygen atoms in total. The molecule has 0 radical (unpaired) electrons. The van der Waals surface area contributed by atoms with E-state index in [1.54, 1.807) is 18.2 Å². The van der Waals surface area contributed by atoms with Crippen molar-refractivity contribution in [3.8, 4) is 0 Å². The van der Waals surface area contributed by atoms with Crippen molar-refractivity contribution >= 4 is 21.7 Å². The lowest BCUT2D eigenvalue weighted by atomic mass is 10.1. The summed E-state index contributed by atoms with van der Waals surface area (Å²) in [6, 6.07) is 22.2. The topological polar surface area (TPSA) is 98.7 Å². The minimum atomic E-state index is -3.66. The number of hydrogen-bond donors (Lipinski definition) is 3. The summed E-state index contributed by atoms with van der Waals surface area (Å²) in [5, 5.41) is 14.8. The van der Waals surface area contributed by atoms with Gasteiger partial charge in [0.15, 0.2) is 0 Å². The molecule has 8 heteroatoms. The predicted molar refractivity (Wildman–Crippen MR) is 120 cm³/mol. The van der Waals surface area contributed by atoms with E-state index in [4.69, 9.17) is 0 Å². The highest BCUT2D eigenvalue weighted by Gasteiger charge is 2.20. The normalized spacial score (nSPS) is 11.3. The molecule has 0 aliphatic heterocycles. The summed E-state index contributed by atoms with van der Waals surface area (Å²) in [6.45, 7) is 0.425. The molecule has 162 valence electrons. The van der Waals surface area contributed by atoms with Crippen LogP contribution in [0.3, 0.4) is 0 Å². The van der Waals surface area contributed by atoms with Gasteiger partial charge in [0.1, 0.15) is 0 Å². The third-order valence-electron chi connectivity index (χ3n) is 4.80. The SMILES string of the molecule is CN(Cc1ccccc1)S(=O)(=O)c1ccc(NC(=O)NCc2ccccc2CO)cc1. The van der Waals surface area contributed by atoms with Gasteiger partial charge < -0.3 is 15.7 Å². The lowest BCUT2D eigenvalue weighted by Crippen LogP contribution is -2.28. The summed E-state index contributed by atoms with van der Waals surface area (Å²) in [5.74, 6) is 0. The number of carbonyl (C=O) groups excluding carboxylic acids is 1. The standard InChI is InChI=1S/C23H25N3O4S/c1-26(16-18-7-3-2-4-8-18)31(29,30)22-13-11-21(12-14-22)25-23(28)24-15-19-9-5-6-10-20(19)17-27/h2-14,27H,15-17H2,1H3,(H2,24,25,28). The fourth-order valence-electron chi connectivity index (χ4n) is 3.05. The lowest BCUT2D eigenvalue weighted by molar-refractivity contribution is 0.251. The van der Waals surface area contributed by atoms with Gasteiger partial charge >= 0.3 is 6.03 Å². The zero-order valence-corrected chi connectivity index (χ0v) is 18.0. The van der Waals surface area contributed by atoms with Gasteiger partial charge in [-0.15, -0.1) is 0 Å². The van der Waals surface area contributed by atoms with Crippen LogP contribution in [0.5, 0.6) is 0 Å². The molecule has 31 heavy (non-hydrogen) atoms. The van der Waals surface area contributed by atoms with Crippen LogP contribution in [0.1, 0.15) is 16.7 Å². The second kappa shape index (κ2) is 10.2. The molecule has 0 bridgehead atoms. The summed E-state index contributed by atoms with van der Waals surface area (Å²) >= 11 is 0. The number of hydrogen-bond acceptors (Lipinski definition) is 4. The predicted octanol–water partition coefficient (Wildman–Crippen LogP) is 3.32. The van der Waals surface area contributed by atoms with Crippen molar-refractivity contribution in [2.45, 2.75) is 24.6 Å². The van der Waals surface area contributed by atoms with Crippen LogP contribution in [0.2, 0.25) is 0 Å². The van der Waals surface area contributed by atoms with E-state index < -0.39 is 16.1 Å². The molecule has 3 aromatic rings. The van der Waals surface area contributed by atoms with E-state index in [0.29, 0.717) is 5.69 Å². The number of aliphatic hydroxyl groups excluding tert-OH is 1. The third kappa shape index (κ3) is 5.91. The number of aliphatic hydroxyl groups is 1. The molecule has 0 aromatic heterocycles. The van der Waals surface area contributed by atoms with Crippen LogP contribution in [0.4, 0.5) is 10.5 Å². The molecule has 0 heterocycles. The van der Waals surface area contributed by atoms with Gasteiger partial charge in [0, 0.05) is 25.8 Å². The van der Waals surface area contributed by atoms with E-state index in [2.05, 4.69) is 10.6 Å². The fourth-order valence-corrected chi connectivity index (χ4v) is 4.21. The lowest BCUT2D eigenvalue weighted by Gasteiger charge is -2.17. The molecule has 0 atom stereocenters. The molecule has 0 aliphatic rings. The minimum absolute atomic E-state index is 0.103. The van der Waals surface area contributed by atoms with Crippen molar-refractivity contribution < 1.29 is 18.3 Å². The van der Waals surface area contributed by atoms with Crippen molar-refractivity contribution in [3.63, 3.8) is 0 Å². The maximum atomic E-state index is 12.8. The van der Waals surface area contributed by atoms with Gasteiger partial charge in [0.25, 0.3) is 0 Å². The van der Waals surface area contributed by atoms with Crippen LogP contribution in [-0.2, 0) is 29.7 Å². The van der Waals surface area contributed by atoms with E-state index in [-0.39, 0.29) is 24.6 Å². The maximum absolute atomic E-state index is 12.8. The summed E-state index contributed by atoms with van der Waals surface area (Å²) in [5.41, 5.74) is 2.93. The highest BCUT2D eigenvalue weighted by Crippen LogP contribution is 2.19. The van der Waals surface area contributed by atoms with Crippen molar-refractivity contribution in [1.82, 2.24) is 9.62 Å². The quantitative estimate of drug-likeness (QED) is 0.501. The smallest absolute Gasteiger partial charge is 0.319 e. The summed E-state index contributed by atoms with van der Waals surface area (Å²) in [4.78, 5) is 12.3. The van der Waals surface area contributed by atoms with Crippen LogP contribution in [0.25, 0.3) is 0 Å². The number of rotatable bonds is 8. The largest absolute Gasteiger partial charge is 0.392 e. The number of nitrogens with one attached hydrogen (secondary N) is 2. The van der Waals surface area contributed by atoms with Crippen molar-refractivity contribution in [2.75, 3.05) is 12.4 Å². The second-order valence-electron chi connectivity index (χ2n) is 7.01. The van der Waals surface area contributed by atoms with Crippen molar-refractivity contribution in [3.05, 3.63) is 95.6 Å². The number of amides is 2. The van der Waals surface area contributed by atoms with Crippen LogP contribution in [-0.4, -0.2) is 30.9 Å². The molecule has 0 saturated heterocycles. The highest BCUT2D eigenvalue weighted by molar-refractivity contribution is 7.89. The molecule has 0 unspecified atom stereocenters. The van der Waals surface area contributed by atoms with Crippen LogP contribution >= 0.6 is 0 Å². The average Bonchev–Trinajstić information content (AvgIpc) is 2.79. The van der Waals surface area contributed by atoms with Crippen molar-refractivity contribution in [1.29, 1.82) is 0 Å². The Morgan fingerprint density at radius 3 is 2.16 bits per heavy atom. The molecule has 0 spiro atoms. The highest BCUT2D eigenvalue weighted by atomic mass is 32.2. The van der Waals surface area contributed by atoms with E-state index in [1.807, 2.05) is 48.5 Å². The maximum Gasteiger partial charge on any atom is 0.319 e. The number of carbonyl (C=O) groups is 1. The Morgan fingerprint density at radius 2 is 1.52 bits per heavy atom. The summed E-state index contributed by atoms with van der Waals surface area (Å²) in [7, 11) is -2.12. The second-order valence-corrected chi connectivity index (χ2v) is 9.05. The molecule has 3 rings (SSSR count). The van der Waals surface area contributed by atoms with Crippen LogP contribution < -0.4 is 10.6 Å². The van der Waals surface area contributed by atoms with E-state index >= 15 is 0 Å². The number of urea groups is 1. The first kappa shape index (κ1) is 22.5. The zero-order valence-electron chi connectivity index (χ0n) is 17.2. The van der Waals surface area contributed by atoms with Crippen LogP contribution in [0.15, 0.2) is 83.8 Å². The number of anilines is 1. The average molecular weight is 440 g/mol. The molecule has 0 aliphatic carbocycles. The van der Waals surface area contributed by atoms with Gasteiger partial charge in [-0.2, -0.15) is 4.31 Å². The van der Waals surface area contributed by atoms with E-state index in [1.165, 1.54) is 23.5 Å². The van der Waals surface area contributed by atoms with E-state index in [0.717, 1.165) is 16.7 Å². The fraction of sp³-hybridized carbons (Fsp3) is 0.174. The monoisotopic (exact) mass is 439 g/mol. The zero-order chi connectivity index (χ0) is 22.3. The molecule has 3 N–H and O–H groups in total. The van der Waals surface area contributed by atoms with Gasteiger partial charge in [-0.3, -0.25) is 0 Å². The van der Waals surface area contributed by atoms with Gasteiger partial charge in [-0.1, -0.05) is 54.6 Å². The Balaban J connectivity index is 1.59. The van der Waals surface area contributed by atoms with E-state index in [9.17, 15) is 18.3 Å². The Labute approximate surface area is 182 Å². The Bertz CT molecular complexity index is 1120.